The second-order valence-corrected chi connectivity index (χ2v) is 4.49. The smallest absolute Gasteiger partial charge is 0.307 e. The number of carboxylic acids is 1. The first-order valence-corrected chi connectivity index (χ1v) is 5.52. The number of rotatable bonds is 3. The number of hydrogen-bond acceptors (Lipinski definition) is 3. The third-order valence-corrected chi connectivity index (χ3v) is 3.11. The van der Waals surface area contributed by atoms with Crippen LogP contribution in [-0.4, -0.2) is 22.0 Å². The SMILES string of the molecule is O=C(O)C1CC1C(=O)Nc1ccncc1Br. The van der Waals surface area contributed by atoms with Crippen molar-refractivity contribution < 1.29 is 14.7 Å². The van der Waals surface area contributed by atoms with Crippen LogP contribution >= 0.6 is 15.9 Å². The predicted octanol–water partition coefficient (Wildman–Crippen LogP) is 1.50. The average Bonchev–Trinajstić information content (AvgIpc) is 3.01. The zero-order valence-electron chi connectivity index (χ0n) is 8.18. The van der Waals surface area contributed by atoms with Crippen LogP contribution in [0.3, 0.4) is 0 Å². The molecule has 0 spiro atoms. The lowest BCUT2D eigenvalue weighted by atomic mass is 10.3. The van der Waals surface area contributed by atoms with Gasteiger partial charge in [-0.2, -0.15) is 0 Å². The van der Waals surface area contributed by atoms with Gasteiger partial charge in [0.2, 0.25) is 5.91 Å². The van der Waals surface area contributed by atoms with Crippen molar-refractivity contribution in [2.45, 2.75) is 6.42 Å². The number of pyridine rings is 1. The fraction of sp³-hybridized carbons (Fsp3) is 0.300. The molecule has 0 aromatic carbocycles. The van der Waals surface area contributed by atoms with Crippen LogP contribution in [0.15, 0.2) is 22.9 Å². The van der Waals surface area contributed by atoms with Crippen molar-refractivity contribution in [1.29, 1.82) is 0 Å². The van der Waals surface area contributed by atoms with E-state index in [4.69, 9.17) is 5.11 Å². The number of aromatic nitrogens is 1. The van der Waals surface area contributed by atoms with E-state index < -0.39 is 17.8 Å². The molecule has 1 aliphatic rings. The Hall–Kier alpha value is -1.43. The number of nitrogens with one attached hydrogen (secondary N) is 1. The van der Waals surface area contributed by atoms with Gasteiger partial charge in [-0.05, 0) is 28.4 Å². The molecule has 5 nitrogen and oxygen atoms in total. The number of nitrogens with zero attached hydrogens (tertiary/aromatic N) is 1. The van der Waals surface area contributed by atoms with Crippen LogP contribution in [0.5, 0.6) is 0 Å². The molecule has 0 aliphatic heterocycles. The molecule has 16 heavy (non-hydrogen) atoms. The molecule has 2 unspecified atom stereocenters. The van der Waals surface area contributed by atoms with Crippen molar-refractivity contribution in [1.82, 2.24) is 4.98 Å². The van der Waals surface area contributed by atoms with E-state index in [0.29, 0.717) is 16.6 Å². The van der Waals surface area contributed by atoms with Gasteiger partial charge in [0.15, 0.2) is 0 Å². The van der Waals surface area contributed by atoms with Crippen molar-refractivity contribution >= 4 is 33.5 Å². The summed E-state index contributed by atoms with van der Waals surface area (Å²) in [5.74, 6) is -2.09. The predicted molar refractivity (Wildman–Crippen MR) is 59.8 cm³/mol. The number of aliphatic carboxylic acids is 1. The van der Waals surface area contributed by atoms with Crippen molar-refractivity contribution in [3.05, 3.63) is 22.9 Å². The molecule has 1 saturated carbocycles. The van der Waals surface area contributed by atoms with Crippen LogP contribution < -0.4 is 5.32 Å². The Kier molecular flexibility index (Phi) is 2.91. The molecule has 1 amide bonds. The summed E-state index contributed by atoms with van der Waals surface area (Å²) in [6.45, 7) is 0. The largest absolute Gasteiger partial charge is 0.481 e. The molecule has 1 fully saturated rings. The highest BCUT2D eigenvalue weighted by Gasteiger charge is 2.48. The summed E-state index contributed by atoms with van der Waals surface area (Å²) in [4.78, 5) is 26.1. The lowest BCUT2D eigenvalue weighted by Gasteiger charge is -2.05. The first-order chi connectivity index (χ1) is 7.59. The average molecular weight is 285 g/mol. The molecule has 2 atom stereocenters. The molecule has 1 aromatic heterocycles. The molecule has 1 aromatic rings. The molecule has 0 saturated heterocycles. The maximum absolute atomic E-state index is 11.6. The molecular formula is C10H9BrN2O3. The number of anilines is 1. The highest BCUT2D eigenvalue weighted by Crippen LogP contribution is 2.39. The molecule has 2 rings (SSSR count). The van der Waals surface area contributed by atoms with Crippen LogP contribution in [0, 0.1) is 11.8 Å². The molecule has 2 N–H and O–H groups in total. The number of hydrogen-bond donors (Lipinski definition) is 2. The third-order valence-electron chi connectivity index (χ3n) is 2.47. The van der Waals surface area contributed by atoms with Gasteiger partial charge in [0.25, 0.3) is 0 Å². The maximum Gasteiger partial charge on any atom is 0.307 e. The van der Waals surface area contributed by atoms with E-state index in [9.17, 15) is 9.59 Å². The second kappa shape index (κ2) is 4.21. The van der Waals surface area contributed by atoms with E-state index in [0.717, 1.165) is 0 Å². The topological polar surface area (TPSA) is 79.3 Å². The van der Waals surface area contributed by atoms with Crippen LogP contribution in [0.4, 0.5) is 5.69 Å². The highest BCUT2D eigenvalue weighted by molar-refractivity contribution is 9.10. The molecule has 0 bridgehead atoms. The van der Waals surface area contributed by atoms with Gasteiger partial charge in [0, 0.05) is 12.4 Å². The van der Waals surface area contributed by atoms with E-state index in [-0.39, 0.29) is 5.91 Å². The van der Waals surface area contributed by atoms with Gasteiger partial charge in [-0.3, -0.25) is 14.6 Å². The Bertz CT molecular complexity index is 449. The number of halogens is 1. The fourth-order valence-corrected chi connectivity index (χ4v) is 1.81. The quantitative estimate of drug-likeness (QED) is 0.882. The summed E-state index contributed by atoms with van der Waals surface area (Å²) in [5, 5.41) is 11.4. The third kappa shape index (κ3) is 2.21. The zero-order valence-corrected chi connectivity index (χ0v) is 9.77. The van der Waals surface area contributed by atoms with Gasteiger partial charge in [-0.1, -0.05) is 0 Å². The minimum atomic E-state index is -0.908. The summed E-state index contributed by atoms with van der Waals surface area (Å²) < 4.78 is 0.677. The van der Waals surface area contributed by atoms with Gasteiger partial charge >= 0.3 is 5.97 Å². The molecule has 1 aliphatic carbocycles. The van der Waals surface area contributed by atoms with Crippen molar-refractivity contribution in [3.8, 4) is 0 Å². The molecule has 0 radical (unpaired) electrons. The van der Waals surface area contributed by atoms with Crippen LogP contribution in [0.2, 0.25) is 0 Å². The van der Waals surface area contributed by atoms with E-state index in [1.54, 1.807) is 18.5 Å². The minimum absolute atomic E-state index is 0.251. The Morgan fingerprint density at radius 3 is 2.81 bits per heavy atom. The number of carbonyl (C=O) groups is 2. The summed E-state index contributed by atoms with van der Waals surface area (Å²) in [5.41, 5.74) is 0.607. The lowest BCUT2D eigenvalue weighted by molar-refractivity contribution is -0.139. The van der Waals surface area contributed by atoms with E-state index in [1.807, 2.05) is 0 Å². The first-order valence-electron chi connectivity index (χ1n) is 4.73. The number of amides is 1. The van der Waals surface area contributed by atoms with E-state index in [1.165, 1.54) is 0 Å². The molecule has 6 heteroatoms. The zero-order chi connectivity index (χ0) is 11.7. The van der Waals surface area contributed by atoms with Crippen molar-refractivity contribution in [2.24, 2.45) is 11.8 Å². The Labute approximate surface area is 100 Å². The van der Waals surface area contributed by atoms with Crippen LogP contribution in [0.25, 0.3) is 0 Å². The number of carboxylic acid groups (broad SMARTS) is 1. The van der Waals surface area contributed by atoms with Gasteiger partial charge in [0.1, 0.15) is 0 Å². The summed E-state index contributed by atoms with van der Waals surface area (Å²) in [6, 6.07) is 1.65. The summed E-state index contributed by atoms with van der Waals surface area (Å²) in [7, 11) is 0. The van der Waals surface area contributed by atoms with E-state index >= 15 is 0 Å². The lowest BCUT2D eigenvalue weighted by Crippen LogP contribution is -2.17. The Balaban J connectivity index is 1.99. The molecule has 84 valence electrons. The van der Waals surface area contributed by atoms with E-state index in [2.05, 4.69) is 26.2 Å². The van der Waals surface area contributed by atoms with Crippen molar-refractivity contribution in [2.75, 3.05) is 5.32 Å². The molecule has 1 heterocycles. The normalized spacial score (nSPS) is 22.6. The Morgan fingerprint density at radius 2 is 2.25 bits per heavy atom. The number of carbonyl (C=O) groups excluding carboxylic acids is 1. The van der Waals surface area contributed by atoms with Crippen molar-refractivity contribution in [3.63, 3.8) is 0 Å². The second-order valence-electron chi connectivity index (χ2n) is 3.63. The highest BCUT2D eigenvalue weighted by atomic mass is 79.9. The summed E-state index contributed by atoms with van der Waals surface area (Å²) >= 11 is 3.24. The maximum atomic E-state index is 11.6. The molecular weight excluding hydrogens is 276 g/mol. The van der Waals surface area contributed by atoms with Gasteiger partial charge in [0.05, 0.1) is 22.0 Å². The standard InChI is InChI=1S/C10H9BrN2O3/c11-7-4-12-2-1-8(7)13-9(14)5-3-6(5)10(15)16/h1-2,4-6H,3H2,(H,15,16)(H,12,13,14). The van der Waals surface area contributed by atoms with Crippen LogP contribution in [-0.2, 0) is 9.59 Å². The van der Waals surface area contributed by atoms with Crippen LogP contribution in [0.1, 0.15) is 6.42 Å². The van der Waals surface area contributed by atoms with Gasteiger partial charge in [-0.25, -0.2) is 0 Å². The minimum Gasteiger partial charge on any atom is -0.481 e. The van der Waals surface area contributed by atoms with Gasteiger partial charge in [-0.15, -0.1) is 0 Å². The first kappa shape index (κ1) is 11.1. The monoisotopic (exact) mass is 284 g/mol. The Morgan fingerprint density at radius 1 is 1.50 bits per heavy atom. The summed E-state index contributed by atoms with van der Waals surface area (Å²) in [6.07, 6.45) is 3.54. The fourth-order valence-electron chi connectivity index (χ4n) is 1.46. The van der Waals surface area contributed by atoms with Gasteiger partial charge < -0.3 is 10.4 Å².